The van der Waals surface area contributed by atoms with Gasteiger partial charge >= 0.3 is 0 Å². The van der Waals surface area contributed by atoms with E-state index in [1.54, 1.807) is 11.3 Å². The predicted octanol–water partition coefficient (Wildman–Crippen LogP) is 3.46. The van der Waals surface area contributed by atoms with Gasteiger partial charge in [0.15, 0.2) is 0 Å². The lowest BCUT2D eigenvalue weighted by Gasteiger charge is -2.24. The highest BCUT2D eigenvalue weighted by Crippen LogP contribution is 2.31. The summed E-state index contributed by atoms with van der Waals surface area (Å²) >= 11 is 5.19. The third-order valence-electron chi connectivity index (χ3n) is 2.47. The minimum Gasteiger partial charge on any atom is -0.396 e. The second-order valence-corrected chi connectivity index (χ2v) is 6.25. The molecular formula is C10H15BrOS. The van der Waals surface area contributed by atoms with E-state index >= 15 is 0 Å². The molecule has 1 aromatic heterocycles. The van der Waals surface area contributed by atoms with Crippen molar-refractivity contribution >= 4 is 27.3 Å². The zero-order chi connectivity index (χ0) is 9.90. The van der Waals surface area contributed by atoms with Crippen molar-refractivity contribution in [3.63, 3.8) is 0 Å². The molecule has 0 aliphatic rings. The van der Waals surface area contributed by atoms with E-state index in [1.165, 1.54) is 8.66 Å². The molecular weight excluding hydrogens is 248 g/mol. The van der Waals surface area contributed by atoms with Crippen molar-refractivity contribution in [2.75, 3.05) is 6.61 Å². The van der Waals surface area contributed by atoms with Crippen molar-refractivity contribution in [1.82, 2.24) is 0 Å². The molecule has 0 bridgehead atoms. The Morgan fingerprint density at radius 2 is 2.23 bits per heavy atom. The number of hydrogen-bond acceptors (Lipinski definition) is 2. The van der Waals surface area contributed by atoms with Gasteiger partial charge < -0.3 is 5.11 Å². The van der Waals surface area contributed by atoms with Gasteiger partial charge in [-0.3, -0.25) is 0 Å². The first-order chi connectivity index (χ1) is 6.09. The van der Waals surface area contributed by atoms with Gasteiger partial charge in [-0.25, -0.2) is 0 Å². The highest BCUT2D eigenvalue weighted by Gasteiger charge is 2.21. The van der Waals surface area contributed by atoms with E-state index in [2.05, 4.69) is 41.9 Å². The van der Waals surface area contributed by atoms with Crippen LogP contribution in [0.5, 0.6) is 0 Å². The van der Waals surface area contributed by atoms with Gasteiger partial charge in [0.2, 0.25) is 0 Å². The van der Waals surface area contributed by atoms with Crippen molar-refractivity contribution in [1.29, 1.82) is 0 Å². The van der Waals surface area contributed by atoms with Gasteiger partial charge in [-0.15, -0.1) is 11.3 Å². The molecule has 1 aromatic rings. The molecule has 1 unspecified atom stereocenters. The van der Waals surface area contributed by atoms with Crippen molar-refractivity contribution in [3.05, 3.63) is 20.8 Å². The van der Waals surface area contributed by atoms with Gasteiger partial charge in [0.1, 0.15) is 0 Å². The van der Waals surface area contributed by atoms with Crippen LogP contribution in [0.25, 0.3) is 0 Å². The van der Waals surface area contributed by atoms with Crippen LogP contribution in [0.3, 0.4) is 0 Å². The quantitative estimate of drug-likeness (QED) is 0.882. The molecule has 0 aliphatic heterocycles. The largest absolute Gasteiger partial charge is 0.396 e. The molecule has 0 amide bonds. The summed E-state index contributed by atoms with van der Waals surface area (Å²) in [7, 11) is 0. The molecule has 74 valence electrons. The fraction of sp³-hybridized carbons (Fsp3) is 0.600. The number of halogens is 1. The maximum Gasteiger partial charge on any atom is 0.0701 e. The fourth-order valence-electron chi connectivity index (χ4n) is 1.16. The summed E-state index contributed by atoms with van der Waals surface area (Å²) in [6.45, 7) is 4.51. The molecule has 0 saturated carbocycles. The molecule has 0 aliphatic carbocycles. The molecule has 1 rings (SSSR count). The Labute approximate surface area is 91.9 Å². The Bertz CT molecular complexity index is 266. The van der Waals surface area contributed by atoms with E-state index in [-0.39, 0.29) is 12.0 Å². The summed E-state index contributed by atoms with van der Waals surface area (Å²) in [5.74, 6) is 0. The Hall–Kier alpha value is 0.140. The summed E-state index contributed by atoms with van der Waals surface area (Å²) in [6, 6.07) is 4.19. The standard InChI is InChI=1S/C10H15BrOS/c1-3-10(2,7-12)6-8-4-5-9(11)13-8/h4-5,12H,3,6-7H2,1-2H3. The molecule has 1 nitrogen and oxygen atoms in total. The van der Waals surface area contributed by atoms with Gasteiger partial charge in [0, 0.05) is 11.5 Å². The van der Waals surface area contributed by atoms with Crippen LogP contribution in [0.15, 0.2) is 15.9 Å². The zero-order valence-electron chi connectivity index (χ0n) is 8.01. The Kier molecular flexibility index (Phi) is 3.95. The van der Waals surface area contributed by atoms with Crippen LogP contribution in [-0.4, -0.2) is 11.7 Å². The lowest BCUT2D eigenvalue weighted by atomic mass is 9.84. The average Bonchev–Trinajstić information content (AvgIpc) is 2.51. The van der Waals surface area contributed by atoms with Crippen molar-refractivity contribution in [2.45, 2.75) is 26.7 Å². The molecule has 13 heavy (non-hydrogen) atoms. The highest BCUT2D eigenvalue weighted by atomic mass is 79.9. The van der Waals surface area contributed by atoms with Gasteiger partial charge in [-0.05, 0) is 46.3 Å². The number of thiophene rings is 1. The Balaban J connectivity index is 2.67. The van der Waals surface area contributed by atoms with Crippen LogP contribution in [0, 0.1) is 5.41 Å². The first-order valence-electron chi connectivity index (χ1n) is 4.45. The maximum atomic E-state index is 9.25. The zero-order valence-corrected chi connectivity index (χ0v) is 10.4. The average molecular weight is 263 g/mol. The third-order valence-corrected chi connectivity index (χ3v) is 4.09. The maximum absolute atomic E-state index is 9.25. The Morgan fingerprint density at radius 1 is 1.54 bits per heavy atom. The van der Waals surface area contributed by atoms with Crippen molar-refractivity contribution < 1.29 is 5.11 Å². The summed E-state index contributed by atoms with van der Waals surface area (Å²) in [5.41, 5.74) is 0.0459. The molecule has 3 heteroatoms. The summed E-state index contributed by atoms with van der Waals surface area (Å²) < 4.78 is 1.17. The summed E-state index contributed by atoms with van der Waals surface area (Å²) in [5, 5.41) is 9.25. The van der Waals surface area contributed by atoms with Crippen molar-refractivity contribution in [3.8, 4) is 0 Å². The molecule has 1 atom stereocenters. The van der Waals surface area contributed by atoms with E-state index < -0.39 is 0 Å². The Morgan fingerprint density at radius 3 is 2.62 bits per heavy atom. The number of hydrogen-bond donors (Lipinski definition) is 1. The van der Waals surface area contributed by atoms with Gasteiger partial charge in [-0.1, -0.05) is 13.8 Å². The second kappa shape index (κ2) is 4.58. The number of aliphatic hydroxyl groups excluding tert-OH is 1. The third kappa shape index (κ3) is 3.08. The monoisotopic (exact) mass is 262 g/mol. The highest BCUT2D eigenvalue weighted by molar-refractivity contribution is 9.11. The molecule has 1 heterocycles. The smallest absolute Gasteiger partial charge is 0.0701 e. The topological polar surface area (TPSA) is 20.2 Å². The van der Waals surface area contributed by atoms with Crippen LogP contribution < -0.4 is 0 Å². The lowest BCUT2D eigenvalue weighted by molar-refractivity contribution is 0.138. The SMILES string of the molecule is CCC(C)(CO)Cc1ccc(Br)s1. The minimum atomic E-state index is 0.0459. The number of aliphatic hydroxyl groups is 1. The molecule has 0 aromatic carbocycles. The van der Waals surface area contributed by atoms with Crippen LogP contribution in [-0.2, 0) is 6.42 Å². The molecule has 0 radical (unpaired) electrons. The molecule has 0 spiro atoms. The summed E-state index contributed by atoms with van der Waals surface area (Å²) in [4.78, 5) is 1.34. The first-order valence-corrected chi connectivity index (χ1v) is 6.05. The van der Waals surface area contributed by atoms with Gasteiger partial charge in [0.25, 0.3) is 0 Å². The van der Waals surface area contributed by atoms with E-state index in [1.807, 2.05) is 0 Å². The van der Waals surface area contributed by atoms with Crippen LogP contribution in [0.1, 0.15) is 25.1 Å². The van der Waals surface area contributed by atoms with E-state index in [0.717, 1.165) is 12.8 Å². The van der Waals surface area contributed by atoms with E-state index in [9.17, 15) is 5.11 Å². The van der Waals surface area contributed by atoms with Gasteiger partial charge in [0.05, 0.1) is 3.79 Å². The summed E-state index contributed by atoms with van der Waals surface area (Å²) in [6.07, 6.45) is 1.98. The van der Waals surface area contributed by atoms with Crippen LogP contribution >= 0.6 is 27.3 Å². The molecule has 0 saturated heterocycles. The van der Waals surface area contributed by atoms with Crippen molar-refractivity contribution in [2.24, 2.45) is 5.41 Å². The van der Waals surface area contributed by atoms with Gasteiger partial charge in [-0.2, -0.15) is 0 Å². The molecule has 1 N–H and O–H groups in total. The minimum absolute atomic E-state index is 0.0459. The fourth-order valence-corrected chi connectivity index (χ4v) is 2.86. The first kappa shape index (κ1) is 11.2. The van der Waals surface area contributed by atoms with E-state index in [0.29, 0.717) is 0 Å². The van der Waals surface area contributed by atoms with Crippen LogP contribution in [0.4, 0.5) is 0 Å². The van der Waals surface area contributed by atoms with Crippen LogP contribution in [0.2, 0.25) is 0 Å². The molecule has 0 fully saturated rings. The van der Waals surface area contributed by atoms with E-state index in [4.69, 9.17) is 0 Å². The second-order valence-electron chi connectivity index (χ2n) is 3.70. The normalized spacial score (nSPS) is 15.7. The predicted molar refractivity (Wildman–Crippen MR) is 61.2 cm³/mol. The number of rotatable bonds is 4. The lowest BCUT2D eigenvalue weighted by Crippen LogP contribution is -2.22.